The third-order valence-corrected chi connectivity index (χ3v) is 27.0. The van der Waals surface area contributed by atoms with Gasteiger partial charge in [0.2, 0.25) is 0 Å². The lowest BCUT2D eigenvalue weighted by Gasteiger charge is -2.42. The number of aliphatic hydroxyl groups excluding tert-OH is 1. The highest BCUT2D eigenvalue weighted by Crippen LogP contribution is 2.42. The van der Waals surface area contributed by atoms with Gasteiger partial charge in [-0.05, 0) is 274 Å². The van der Waals surface area contributed by atoms with Crippen molar-refractivity contribution in [1.82, 2.24) is 29.4 Å². The second-order valence-corrected chi connectivity index (χ2v) is 39.5. The van der Waals surface area contributed by atoms with Gasteiger partial charge in [0.05, 0.1) is 32.5 Å². The van der Waals surface area contributed by atoms with E-state index in [4.69, 9.17) is 25.8 Å². The minimum atomic E-state index is -0.164. The average Bonchev–Trinajstić information content (AvgIpc) is 1.76. The molecule has 7 heterocycles. The van der Waals surface area contributed by atoms with Crippen molar-refractivity contribution in [3.8, 4) is 0 Å². The number of allylic oxidation sites excluding steroid dienone is 6. The van der Waals surface area contributed by atoms with E-state index in [2.05, 4.69) is 248 Å². The Bertz CT molecular complexity index is 3590. The third kappa shape index (κ3) is 28.3. The standard InChI is InChI=1S/C29H46N2O2.C24H35ClN2.C24H35FN2.C24H38N2O2/c1-23(2)21-28(30-13-9-24(10-14-30)25-11-17-32-18-12-25)22-29(3,4)26-5-7-27(8-6-26)31-15-19-33-20-16-31;2*1-18(2)16-23(17-24(4,5)21-8-10-22(25)11-9-21)27-14-12-26(13-15-27)19(3)20-6-7-20;1-19(2)17-22(25-11-9-23(27)10-12-25)18-24(3,4)20-5-7-21(8-6-20)26-13-15-28-16-14-26/h5-8,21,24-25,28H,9-20,22H2,1-4H3;2*8-11,16,20,23H,3,6-7,12-15,17H2,1-2,4-5H3;5-8,17,22-23,27H,9-16,18H2,1-4H3. The summed E-state index contributed by atoms with van der Waals surface area (Å²) in [7, 11) is 0. The molecule has 0 radical (unpaired) electrons. The Morgan fingerprint density at radius 2 is 0.643 bits per heavy atom. The van der Waals surface area contributed by atoms with Crippen LogP contribution < -0.4 is 9.80 Å². The number of halogens is 2. The van der Waals surface area contributed by atoms with Gasteiger partial charge in [-0.3, -0.25) is 19.6 Å². The maximum absolute atomic E-state index is 13.3. The number of ether oxygens (including phenoxy) is 3. The van der Waals surface area contributed by atoms with Gasteiger partial charge in [-0.1, -0.05) is 175 Å². The Labute approximate surface area is 703 Å². The first kappa shape index (κ1) is 91.7. The van der Waals surface area contributed by atoms with E-state index < -0.39 is 0 Å². The molecule has 14 heteroatoms. The number of piperidine rings is 2. The average molecular weight is 1600 g/mol. The van der Waals surface area contributed by atoms with E-state index >= 15 is 0 Å². The molecule has 9 fully saturated rings. The van der Waals surface area contributed by atoms with Gasteiger partial charge >= 0.3 is 0 Å². The van der Waals surface area contributed by atoms with Crippen molar-refractivity contribution in [2.45, 2.75) is 253 Å². The second kappa shape index (κ2) is 43.1. The number of nitrogens with zero attached hydrogens (tertiary/aromatic N) is 8. The molecule has 1 N–H and O–H groups in total. The van der Waals surface area contributed by atoms with Gasteiger partial charge in [-0.15, -0.1) is 0 Å². The smallest absolute Gasteiger partial charge is 0.123 e. The summed E-state index contributed by atoms with van der Waals surface area (Å²) in [4.78, 5) is 20.5. The van der Waals surface area contributed by atoms with Crippen LogP contribution in [0.3, 0.4) is 0 Å². The Hall–Kier alpha value is -5.58. The number of aliphatic hydroxyl groups is 1. The minimum absolute atomic E-state index is 0.000932. The number of likely N-dealkylation sites (tertiary alicyclic amines) is 2. The highest BCUT2D eigenvalue weighted by atomic mass is 35.5. The summed E-state index contributed by atoms with van der Waals surface area (Å²) in [5.74, 6) is 3.15. The molecule has 4 aromatic rings. The molecule has 12 nitrogen and oxygen atoms in total. The molecule has 9 aliphatic rings. The Morgan fingerprint density at radius 3 is 0.948 bits per heavy atom. The van der Waals surface area contributed by atoms with Crippen molar-refractivity contribution in [3.05, 3.63) is 201 Å². The minimum Gasteiger partial charge on any atom is -0.393 e. The zero-order chi connectivity index (χ0) is 82.6. The first-order valence-corrected chi connectivity index (χ1v) is 45.3. The van der Waals surface area contributed by atoms with Crippen molar-refractivity contribution in [1.29, 1.82) is 0 Å². The van der Waals surface area contributed by atoms with Crippen LogP contribution in [0.4, 0.5) is 15.8 Å². The third-order valence-electron chi connectivity index (χ3n) is 26.7. The first-order valence-electron chi connectivity index (χ1n) is 44.9. The summed E-state index contributed by atoms with van der Waals surface area (Å²) in [6.45, 7) is 67.7. The predicted molar refractivity (Wildman–Crippen MR) is 485 cm³/mol. The molecule has 636 valence electrons. The largest absolute Gasteiger partial charge is 0.393 e. The van der Waals surface area contributed by atoms with Crippen molar-refractivity contribution < 1.29 is 23.7 Å². The molecular formula is C101H154ClFN8O4. The molecular weight excluding hydrogens is 1440 g/mol. The molecule has 0 amide bonds. The highest BCUT2D eigenvalue weighted by molar-refractivity contribution is 6.30. The first-order chi connectivity index (χ1) is 54.8. The lowest BCUT2D eigenvalue weighted by molar-refractivity contribution is 0.0260. The number of piperazine rings is 2. The molecule has 2 saturated carbocycles. The maximum Gasteiger partial charge on any atom is 0.123 e. The van der Waals surface area contributed by atoms with Gasteiger partial charge in [-0.2, -0.15) is 0 Å². The quantitative estimate of drug-likeness (QED) is 0.0578. The van der Waals surface area contributed by atoms with Crippen molar-refractivity contribution in [2.24, 2.45) is 23.7 Å². The molecule has 13 rings (SSSR count). The van der Waals surface area contributed by atoms with Crippen LogP contribution in [0, 0.1) is 29.5 Å². The predicted octanol–water partition coefficient (Wildman–Crippen LogP) is 20.9. The second-order valence-electron chi connectivity index (χ2n) is 39.1. The van der Waals surface area contributed by atoms with Crippen LogP contribution in [0.15, 0.2) is 168 Å². The summed E-state index contributed by atoms with van der Waals surface area (Å²) < 4.78 is 29.9. The summed E-state index contributed by atoms with van der Waals surface area (Å²) >= 11 is 6.09. The van der Waals surface area contributed by atoms with Crippen LogP contribution in [-0.2, 0) is 35.9 Å². The van der Waals surface area contributed by atoms with Crippen LogP contribution in [0.25, 0.3) is 0 Å². The van der Waals surface area contributed by atoms with Crippen LogP contribution in [-0.4, -0.2) is 209 Å². The fourth-order valence-electron chi connectivity index (χ4n) is 19.1. The Morgan fingerprint density at radius 1 is 0.374 bits per heavy atom. The monoisotopic (exact) mass is 1600 g/mol. The van der Waals surface area contributed by atoms with E-state index in [1.165, 1.54) is 132 Å². The summed E-state index contributed by atoms with van der Waals surface area (Å²) in [5.41, 5.74) is 16.7. The molecule has 115 heavy (non-hydrogen) atoms. The van der Waals surface area contributed by atoms with Crippen LogP contribution in [0.1, 0.15) is 223 Å². The topological polar surface area (TPSA) is 73.8 Å². The number of hydrogen-bond donors (Lipinski definition) is 1. The van der Waals surface area contributed by atoms with Gasteiger partial charge in [0.25, 0.3) is 0 Å². The summed E-state index contributed by atoms with van der Waals surface area (Å²) in [5, 5.41) is 10.7. The summed E-state index contributed by atoms with van der Waals surface area (Å²) in [6, 6.07) is 35.8. The van der Waals surface area contributed by atoms with Gasteiger partial charge in [0, 0.05) is 157 Å². The SMILES string of the molecule is C=C(C1CC1)N1CCN(C(C=C(C)C)CC(C)(C)c2ccc(Cl)cc2)CC1.C=C(C1CC1)N1CCN(C(C=C(C)C)CC(C)(C)c2ccc(F)cc2)CC1.CC(C)=CC(CC(C)(C)c1ccc(N2CCOCC2)cc1)N1CCC(C2CCOCC2)CC1.CC(C)=CC(CC(C)(C)c1ccc(N2CCOCC2)cc1)N1CCC(O)CC1. The van der Waals surface area contributed by atoms with E-state index in [0.29, 0.717) is 24.2 Å². The highest BCUT2D eigenvalue weighted by Gasteiger charge is 2.38. The zero-order valence-electron chi connectivity index (χ0n) is 74.6. The molecule has 0 spiro atoms. The number of benzene rings is 4. The Balaban J connectivity index is 0.000000163. The van der Waals surface area contributed by atoms with Crippen molar-refractivity contribution >= 4 is 23.0 Å². The van der Waals surface area contributed by atoms with Crippen LogP contribution in [0.2, 0.25) is 5.02 Å². The number of anilines is 2. The molecule has 0 aromatic heterocycles. The van der Waals surface area contributed by atoms with Gasteiger partial charge in [-0.25, -0.2) is 4.39 Å². The van der Waals surface area contributed by atoms with Crippen LogP contribution >= 0.6 is 11.6 Å². The van der Waals surface area contributed by atoms with E-state index in [1.807, 2.05) is 24.3 Å². The molecule has 4 unspecified atom stereocenters. The lowest BCUT2D eigenvalue weighted by atomic mass is 9.76. The van der Waals surface area contributed by atoms with Gasteiger partial charge < -0.3 is 38.9 Å². The van der Waals surface area contributed by atoms with Crippen molar-refractivity contribution in [3.63, 3.8) is 0 Å². The van der Waals surface area contributed by atoms with Gasteiger partial charge in [0.15, 0.2) is 0 Å². The number of morpholine rings is 2. The maximum atomic E-state index is 13.3. The molecule has 0 bridgehead atoms. The normalized spacial score (nSPS) is 20.9. The van der Waals surface area contributed by atoms with Crippen molar-refractivity contribution in [2.75, 3.05) is 154 Å². The molecule has 4 atom stereocenters. The summed E-state index contributed by atoms with van der Waals surface area (Å²) in [6.07, 6.45) is 26.5. The number of rotatable bonds is 27. The van der Waals surface area contributed by atoms with E-state index in [-0.39, 0.29) is 33.6 Å². The molecule has 7 aliphatic heterocycles. The Kier molecular flexibility index (Phi) is 34.4. The fourth-order valence-corrected chi connectivity index (χ4v) is 19.3. The van der Waals surface area contributed by atoms with E-state index in [0.717, 1.165) is 198 Å². The molecule has 4 aromatic carbocycles. The lowest BCUT2D eigenvalue weighted by Crippen LogP contribution is -2.50. The van der Waals surface area contributed by atoms with Gasteiger partial charge in [0.1, 0.15) is 5.82 Å². The molecule has 7 saturated heterocycles. The number of hydrogen-bond acceptors (Lipinski definition) is 12. The molecule has 2 aliphatic carbocycles. The zero-order valence-corrected chi connectivity index (χ0v) is 75.4. The van der Waals surface area contributed by atoms with E-state index in [9.17, 15) is 9.50 Å². The van der Waals surface area contributed by atoms with Crippen LogP contribution in [0.5, 0.6) is 0 Å². The van der Waals surface area contributed by atoms with E-state index in [1.54, 1.807) is 12.1 Å². The fraction of sp³-hybridized carbons (Fsp3) is 0.644.